The average Bonchev–Trinajstić information content (AvgIpc) is 2.28. The highest BCUT2D eigenvalue weighted by atomic mass is 19.3. The Morgan fingerprint density at radius 1 is 1.25 bits per heavy atom. The SMILES string of the molecule is Cc1cc(C(=O)C(F)F)ccc1NC(=O)OC(C)(C)C. The van der Waals surface area contributed by atoms with Gasteiger partial charge >= 0.3 is 12.5 Å². The number of benzene rings is 1. The van der Waals surface area contributed by atoms with Gasteiger partial charge in [-0.1, -0.05) is 0 Å². The monoisotopic (exact) mass is 285 g/mol. The molecular formula is C14H17F2NO3. The number of carbonyl (C=O) groups is 2. The molecule has 0 heterocycles. The number of anilines is 1. The quantitative estimate of drug-likeness (QED) is 0.860. The van der Waals surface area contributed by atoms with Crippen LogP contribution in [0.3, 0.4) is 0 Å². The van der Waals surface area contributed by atoms with Crippen molar-refractivity contribution in [2.75, 3.05) is 5.32 Å². The predicted octanol–water partition coefficient (Wildman–Crippen LogP) is 3.79. The summed E-state index contributed by atoms with van der Waals surface area (Å²) in [5.74, 6) is -1.24. The molecule has 0 unspecified atom stereocenters. The fourth-order valence-corrected chi connectivity index (χ4v) is 1.50. The Hall–Kier alpha value is -1.98. The van der Waals surface area contributed by atoms with Crippen LogP contribution in [0.15, 0.2) is 18.2 Å². The van der Waals surface area contributed by atoms with Crippen molar-refractivity contribution in [3.05, 3.63) is 29.3 Å². The van der Waals surface area contributed by atoms with Crippen LogP contribution < -0.4 is 5.32 Å². The number of rotatable bonds is 3. The maximum Gasteiger partial charge on any atom is 0.412 e. The molecule has 0 aliphatic heterocycles. The largest absolute Gasteiger partial charge is 0.444 e. The van der Waals surface area contributed by atoms with E-state index >= 15 is 0 Å². The normalized spacial score (nSPS) is 11.3. The molecular weight excluding hydrogens is 268 g/mol. The number of ketones is 1. The first-order chi connectivity index (χ1) is 9.10. The van der Waals surface area contributed by atoms with Crippen LogP contribution >= 0.6 is 0 Å². The minimum atomic E-state index is -3.04. The molecule has 1 N–H and O–H groups in total. The van der Waals surface area contributed by atoms with E-state index in [1.807, 2.05) is 0 Å². The summed E-state index contributed by atoms with van der Waals surface area (Å²) in [6.45, 7) is 6.78. The summed E-state index contributed by atoms with van der Waals surface area (Å²) in [4.78, 5) is 22.7. The third-order valence-corrected chi connectivity index (χ3v) is 2.34. The number of hydrogen-bond acceptors (Lipinski definition) is 3. The Morgan fingerprint density at radius 2 is 1.85 bits per heavy atom. The van der Waals surface area contributed by atoms with Gasteiger partial charge in [0, 0.05) is 11.3 Å². The molecule has 4 nitrogen and oxygen atoms in total. The zero-order chi connectivity index (χ0) is 15.5. The molecule has 0 radical (unpaired) electrons. The van der Waals surface area contributed by atoms with Crippen molar-refractivity contribution in [2.24, 2.45) is 0 Å². The second kappa shape index (κ2) is 5.98. The van der Waals surface area contributed by atoms with Gasteiger partial charge in [0.15, 0.2) is 0 Å². The first-order valence-electron chi connectivity index (χ1n) is 6.03. The van der Waals surface area contributed by atoms with Gasteiger partial charge in [0.25, 0.3) is 0 Å². The summed E-state index contributed by atoms with van der Waals surface area (Å²) < 4.78 is 29.7. The van der Waals surface area contributed by atoms with Crippen molar-refractivity contribution < 1.29 is 23.1 Å². The summed E-state index contributed by atoms with van der Waals surface area (Å²) in [6, 6.07) is 3.95. The van der Waals surface area contributed by atoms with Crippen molar-refractivity contribution in [3.8, 4) is 0 Å². The molecule has 1 aromatic carbocycles. The van der Waals surface area contributed by atoms with Crippen molar-refractivity contribution in [1.82, 2.24) is 0 Å². The van der Waals surface area contributed by atoms with Gasteiger partial charge in [0.05, 0.1) is 0 Å². The maximum absolute atomic E-state index is 12.3. The zero-order valence-electron chi connectivity index (χ0n) is 11.8. The Labute approximate surface area is 116 Å². The molecule has 6 heteroatoms. The van der Waals surface area contributed by atoms with E-state index in [2.05, 4.69) is 5.32 Å². The third kappa shape index (κ3) is 4.60. The van der Waals surface area contributed by atoms with Gasteiger partial charge in [-0.2, -0.15) is 0 Å². The smallest absolute Gasteiger partial charge is 0.412 e. The molecule has 0 spiro atoms. The second-order valence-corrected chi connectivity index (χ2v) is 5.32. The van der Waals surface area contributed by atoms with Crippen LogP contribution in [0.4, 0.5) is 19.3 Å². The molecule has 20 heavy (non-hydrogen) atoms. The van der Waals surface area contributed by atoms with E-state index in [9.17, 15) is 18.4 Å². The topological polar surface area (TPSA) is 55.4 Å². The van der Waals surface area contributed by atoms with Gasteiger partial charge in [-0.25, -0.2) is 13.6 Å². The van der Waals surface area contributed by atoms with Crippen LogP contribution in [0.25, 0.3) is 0 Å². The Bertz CT molecular complexity index is 522. The van der Waals surface area contributed by atoms with Crippen molar-refractivity contribution in [2.45, 2.75) is 39.7 Å². The summed E-state index contributed by atoms with van der Waals surface area (Å²) in [5.41, 5.74) is 0.184. The molecule has 0 aliphatic carbocycles. The minimum absolute atomic E-state index is 0.0905. The van der Waals surface area contributed by atoms with Gasteiger partial charge in [0.2, 0.25) is 5.78 Å². The highest BCUT2D eigenvalue weighted by Gasteiger charge is 2.20. The molecule has 0 saturated heterocycles. The van der Waals surface area contributed by atoms with E-state index in [0.717, 1.165) is 0 Å². The maximum atomic E-state index is 12.3. The summed E-state index contributed by atoms with van der Waals surface area (Å²) in [5, 5.41) is 2.50. The van der Waals surface area contributed by atoms with E-state index < -0.39 is 23.9 Å². The van der Waals surface area contributed by atoms with Crippen LogP contribution in [0.1, 0.15) is 36.7 Å². The third-order valence-electron chi connectivity index (χ3n) is 2.34. The highest BCUT2D eigenvalue weighted by Crippen LogP contribution is 2.19. The molecule has 1 rings (SSSR count). The van der Waals surface area contributed by atoms with Crippen LogP contribution in [-0.2, 0) is 4.74 Å². The van der Waals surface area contributed by atoms with Crippen molar-refractivity contribution in [1.29, 1.82) is 0 Å². The second-order valence-electron chi connectivity index (χ2n) is 5.32. The molecule has 0 aliphatic rings. The fraction of sp³-hybridized carbons (Fsp3) is 0.429. The fourth-order valence-electron chi connectivity index (χ4n) is 1.50. The predicted molar refractivity (Wildman–Crippen MR) is 71.4 cm³/mol. The minimum Gasteiger partial charge on any atom is -0.444 e. The number of Topliss-reactive ketones (excluding diaryl/α,β-unsaturated/α-hetero) is 1. The van der Waals surface area contributed by atoms with Gasteiger partial charge in [-0.15, -0.1) is 0 Å². The molecule has 0 fully saturated rings. The number of ether oxygens (including phenoxy) is 1. The van der Waals surface area contributed by atoms with Crippen molar-refractivity contribution >= 4 is 17.6 Å². The van der Waals surface area contributed by atoms with E-state index in [1.54, 1.807) is 27.7 Å². The number of halogens is 2. The molecule has 0 aromatic heterocycles. The standard InChI is InChI=1S/C14H17F2NO3/c1-8-7-9(11(18)12(15)16)5-6-10(8)17-13(19)20-14(2,3)4/h5-7,12H,1-4H3,(H,17,19). The number of aryl methyl sites for hydroxylation is 1. The summed E-state index contributed by atoms with van der Waals surface area (Å²) in [6.07, 6.45) is -3.69. The number of alkyl halides is 2. The van der Waals surface area contributed by atoms with Crippen LogP contribution in [0.5, 0.6) is 0 Å². The number of amides is 1. The molecule has 0 saturated carbocycles. The first kappa shape index (κ1) is 16.1. The highest BCUT2D eigenvalue weighted by molar-refractivity contribution is 5.99. The molecule has 110 valence electrons. The number of carbonyl (C=O) groups excluding carboxylic acids is 2. The van der Waals surface area contributed by atoms with E-state index in [4.69, 9.17) is 4.74 Å². The first-order valence-corrected chi connectivity index (χ1v) is 6.03. The van der Waals surface area contributed by atoms with Gasteiger partial charge < -0.3 is 4.74 Å². The van der Waals surface area contributed by atoms with Gasteiger partial charge in [-0.05, 0) is 51.5 Å². The van der Waals surface area contributed by atoms with Crippen LogP contribution in [-0.4, -0.2) is 23.9 Å². The number of nitrogens with one attached hydrogen (secondary N) is 1. The van der Waals surface area contributed by atoms with E-state index in [1.165, 1.54) is 18.2 Å². The lowest BCUT2D eigenvalue weighted by Crippen LogP contribution is -2.27. The van der Waals surface area contributed by atoms with Crippen LogP contribution in [0, 0.1) is 6.92 Å². The zero-order valence-corrected chi connectivity index (χ0v) is 11.8. The lowest BCUT2D eigenvalue weighted by atomic mass is 10.1. The average molecular weight is 285 g/mol. The Kier molecular flexibility index (Phi) is 4.81. The van der Waals surface area contributed by atoms with Gasteiger partial charge in [-0.3, -0.25) is 10.1 Å². The van der Waals surface area contributed by atoms with Crippen molar-refractivity contribution in [3.63, 3.8) is 0 Å². The van der Waals surface area contributed by atoms with Crippen LogP contribution in [0.2, 0.25) is 0 Å². The molecule has 0 bridgehead atoms. The summed E-state index contributed by atoms with van der Waals surface area (Å²) >= 11 is 0. The summed E-state index contributed by atoms with van der Waals surface area (Å²) in [7, 11) is 0. The number of hydrogen-bond donors (Lipinski definition) is 1. The Morgan fingerprint density at radius 3 is 2.30 bits per heavy atom. The molecule has 1 aromatic rings. The lowest BCUT2D eigenvalue weighted by molar-refractivity contribution is 0.0635. The van der Waals surface area contributed by atoms with E-state index in [0.29, 0.717) is 11.3 Å². The van der Waals surface area contributed by atoms with Gasteiger partial charge in [0.1, 0.15) is 5.60 Å². The molecule has 1 amide bonds. The molecule has 0 atom stereocenters. The Balaban J connectivity index is 2.84. The lowest BCUT2D eigenvalue weighted by Gasteiger charge is -2.20. The van der Waals surface area contributed by atoms with E-state index in [-0.39, 0.29) is 5.56 Å².